The van der Waals surface area contributed by atoms with Crippen molar-refractivity contribution in [2.75, 3.05) is 5.32 Å². The summed E-state index contributed by atoms with van der Waals surface area (Å²) in [5, 5.41) is 8.61. The van der Waals surface area contributed by atoms with E-state index < -0.39 is 0 Å². The Hall–Kier alpha value is -2.72. The average molecular weight is 303 g/mol. The van der Waals surface area contributed by atoms with E-state index in [1.54, 1.807) is 17.5 Å². The lowest BCUT2D eigenvalue weighted by Gasteiger charge is -2.01. The van der Waals surface area contributed by atoms with E-state index in [4.69, 9.17) is 0 Å². The van der Waals surface area contributed by atoms with Crippen molar-refractivity contribution in [3.63, 3.8) is 0 Å². The Kier molecular flexibility index (Phi) is 3.29. The Morgan fingerprint density at radius 2 is 1.73 bits per heavy atom. The van der Waals surface area contributed by atoms with Crippen molar-refractivity contribution in [2.24, 2.45) is 0 Å². The molecule has 0 saturated carbocycles. The van der Waals surface area contributed by atoms with Crippen LogP contribution in [0.3, 0.4) is 0 Å². The molecule has 0 saturated heterocycles. The quantitative estimate of drug-likeness (QED) is 0.572. The van der Waals surface area contributed by atoms with E-state index in [0.717, 1.165) is 22.2 Å². The van der Waals surface area contributed by atoms with Gasteiger partial charge in [0, 0.05) is 17.1 Å². The Labute approximate surface area is 132 Å². The first-order chi connectivity index (χ1) is 10.9. The minimum atomic E-state index is 0.807. The van der Waals surface area contributed by atoms with Crippen LogP contribution in [0.1, 0.15) is 0 Å². The molecule has 0 fully saturated rings. The predicted octanol–water partition coefficient (Wildman–Crippen LogP) is 5.10. The summed E-state index contributed by atoms with van der Waals surface area (Å²) in [6.07, 6.45) is 1.76. The van der Waals surface area contributed by atoms with Gasteiger partial charge in [0.05, 0.1) is 5.69 Å². The van der Waals surface area contributed by atoms with E-state index in [0.29, 0.717) is 0 Å². The molecule has 0 radical (unpaired) electrons. The maximum absolute atomic E-state index is 4.65. The van der Waals surface area contributed by atoms with Gasteiger partial charge in [0.15, 0.2) is 5.13 Å². The van der Waals surface area contributed by atoms with Gasteiger partial charge in [0.25, 0.3) is 0 Å². The van der Waals surface area contributed by atoms with E-state index in [9.17, 15) is 0 Å². The minimum absolute atomic E-state index is 0.807. The molecular weight excluding hydrogens is 290 g/mol. The molecule has 1 N–H and O–H groups in total. The average Bonchev–Trinajstić information content (AvgIpc) is 3.04. The Bertz CT molecular complexity index is 916. The van der Waals surface area contributed by atoms with Crippen molar-refractivity contribution >= 4 is 33.1 Å². The second kappa shape index (κ2) is 5.58. The third kappa shape index (κ3) is 2.56. The highest BCUT2D eigenvalue weighted by Gasteiger charge is 2.06. The summed E-state index contributed by atoms with van der Waals surface area (Å²) in [6, 6.07) is 20.6. The second-order valence-electron chi connectivity index (χ2n) is 4.94. The topological polar surface area (TPSA) is 37.8 Å². The predicted molar refractivity (Wildman–Crippen MR) is 92.6 cm³/mol. The second-order valence-corrected chi connectivity index (χ2v) is 5.80. The maximum atomic E-state index is 4.65. The lowest BCUT2D eigenvalue weighted by Crippen LogP contribution is -1.91. The van der Waals surface area contributed by atoms with Crippen molar-refractivity contribution in [3.8, 4) is 11.3 Å². The molecule has 3 nitrogen and oxygen atoms in total. The van der Waals surface area contributed by atoms with E-state index >= 15 is 0 Å². The number of thiazole rings is 1. The fraction of sp³-hybridized carbons (Fsp3) is 0. The lowest BCUT2D eigenvalue weighted by atomic mass is 10.1. The van der Waals surface area contributed by atoms with Crippen LogP contribution >= 0.6 is 11.3 Å². The van der Waals surface area contributed by atoms with Crippen LogP contribution in [0.5, 0.6) is 0 Å². The SMILES string of the molecule is c1ccc(Nc2nc(-c3ccc4ccccc4c3)cs2)nc1. The third-order valence-corrected chi connectivity index (χ3v) is 4.21. The number of anilines is 2. The molecule has 2 heterocycles. The molecule has 0 spiro atoms. The van der Waals surface area contributed by atoms with Gasteiger partial charge in [0.2, 0.25) is 0 Å². The largest absolute Gasteiger partial charge is 0.316 e. The molecule has 106 valence electrons. The van der Waals surface area contributed by atoms with Crippen LogP contribution in [0.15, 0.2) is 72.2 Å². The Balaban J connectivity index is 1.65. The number of benzene rings is 2. The molecule has 0 unspecified atom stereocenters. The fourth-order valence-electron chi connectivity index (χ4n) is 2.36. The molecule has 0 bridgehead atoms. The lowest BCUT2D eigenvalue weighted by molar-refractivity contribution is 1.29. The van der Waals surface area contributed by atoms with E-state index in [1.165, 1.54) is 10.8 Å². The standard InChI is InChI=1S/C18H13N3S/c1-2-6-14-11-15(9-8-13(14)5-1)16-12-22-18(20-16)21-17-7-3-4-10-19-17/h1-12H,(H,19,20,21). The number of hydrogen-bond donors (Lipinski definition) is 1. The summed E-state index contributed by atoms with van der Waals surface area (Å²) < 4.78 is 0. The van der Waals surface area contributed by atoms with Crippen LogP contribution in [0.4, 0.5) is 10.9 Å². The smallest absolute Gasteiger partial charge is 0.188 e. The first-order valence-corrected chi connectivity index (χ1v) is 7.89. The summed E-state index contributed by atoms with van der Waals surface area (Å²) in [5.41, 5.74) is 2.11. The van der Waals surface area contributed by atoms with Crippen LogP contribution in [0, 0.1) is 0 Å². The van der Waals surface area contributed by atoms with Gasteiger partial charge in [-0.05, 0) is 29.0 Å². The van der Waals surface area contributed by atoms with E-state index in [-0.39, 0.29) is 0 Å². The summed E-state index contributed by atoms with van der Waals surface area (Å²) in [4.78, 5) is 8.90. The number of aromatic nitrogens is 2. The molecule has 2 aromatic heterocycles. The number of nitrogens with one attached hydrogen (secondary N) is 1. The third-order valence-electron chi connectivity index (χ3n) is 3.45. The molecule has 0 atom stereocenters. The Morgan fingerprint density at radius 1 is 0.864 bits per heavy atom. The summed E-state index contributed by atoms with van der Waals surface area (Å²) >= 11 is 1.58. The zero-order chi connectivity index (χ0) is 14.8. The van der Waals surface area contributed by atoms with Crippen molar-refractivity contribution in [2.45, 2.75) is 0 Å². The van der Waals surface area contributed by atoms with Gasteiger partial charge in [-0.2, -0.15) is 0 Å². The summed E-state index contributed by atoms with van der Waals surface area (Å²) in [5.74, 6) is 0.807. The number of fused-ring (bicyclic) bond motifs is 1. The van der Waals surface area contributed by atoms with Crippen LogP contribution in [-0.4, -0.2) is 9.97 Å². The van der Waals surface area contributed by atoms with Crippen LogP contribution in [0.25, 0.3) is 22.0 Å². The molecule has 0 aliphatic carbocycles. The van der Waals surface area contributed by atoms with E-state index in [2.05, 4.69) is 63.1 Å². The molecule has 2 aromatic carbocycles. The van der Waals surface area contributed by atoms with Gasteiger partial charge in [0.1, 0.15) is 5.82 Å². The van der Waals surface area contributed by atoms with Gasteiger partial charge in [-0.1, -0.05) is 42.5 Å². The van der Waals surface area contributed by atoms with Gasteiger partial charge >= 0.3 is 0 Å². The highest BCUT2D eigenvalue weighted by atomic mass is 32.1. The summed E-state index contributed by atoms with van der Waals surface area (Å²) in [7, 11) is 0. The first-order valence-electron chi connectivity index (χ1n) is 7.01. The number of nitrogens with zero attached hydrogens (tertiary/aromatic N) is 2. The normalized spacial score (nSPS) is 10.7. The van der Waals surface area contributed by atoms with Crippen molar-refractivity contribution in [1.82, 2.24) is 9.97 Å². The maximum Gasteiger partial charge on any atom is 0.188 e. The molecular formula is C18H13N3S. The molecule has 22 heavy (non-hydrogen) atoms. The van der Waals surface area contributed by atoms with Crippen molar-refractivity contribution in [3.05, 3.63) is 72.2 Å². The molecule has 4 rings (SSSR count). The van der Waals surface area contributed by atoms with Crippen molar-refractivity contribution < 1.29 is 0 Å². The van der Waals surface area contributed by atoms with E-state index in [1.807, 2.05) is 18.2 Å². The fourth-order valence-corrected chi connectivity index (χ4v) is 3.09. The first kappa shape index (κ1) is 13.0. The molecule has 4 aromatic rings. The van der Waals surface area contributed by atoms with Gasteiger partial charge < -0.3 is 5.32 Å². The van der Waals surface area contributed by atoms with Gasteiger partial charge in [-0.25, -0.2) is 9.97 Å². The zero-order valence-corrected chi connectivity index (χ0v) is 12.5. The van der Waals surface area contributed by atoms with Gasteiger partial charge in [-0.3, -0.25) is 0 Å². The zero-order valence-electron chi connectivity index (χ0n) is 11.7. The molecule has 0 amide bonds. The monoisotopic (exact) mass is 303 g/mol. The van der Waals surface area contributed by atoms with Crippen molar-refractivity contribution in [1.29, 1.82) is 0 Å². The molecule has 4 heteroatoms. The van der Waals surface area contributed by atoms with Crippen LogP contribution in [0.2, 0.25) is 0 Å². The van der Waals surface area contributed by atoms with Gasteiger partial charge in [-0.15, -0.1) is 11.3 Å². The minimum Gasteiger partial charge on any atom is -0.316 e. The van der Waals surface area contributed by atoms with Crippen LogP contribution < -0.4 is 5.32 Å². The molecule has 0 aliphatic heterocycles. The highest BCUT2D eigenvalue weighted by molar-refractivity contribution is 7.14. The van der Waals surface area contributed by atoms with Crippen LogP contribution in [-0.2, 0) is 0 Å². The number of hydrogen-bond acceptors (Lipinski definition) is 4. The Morgan fingerprint density at radius 3 is 2.59 bits per heavy atom. The number of pyridine rings is 1. The summed E-state index contributed by atoms with van der Waals surface area (Å²) in [6.45, 7) is 0. The molecule has 0 aliphatic rings. The highest BCUT2D eigenvalue weighted by Crippen LogP contribution is 2.28. The number of rotatable bonds is 3.